The molecule has 4 rings (SSSR count). The fraction of sp³-hybridized carbons (Fsp3) is 0.417. The Labute approximate surface area is 214 Å². The van der Waals surface area contributed by atoms with Gasteiger partial charge in [-0.1, -0.05) is 18.2 Å². The minimum absolute atomic E-state index is 0.187. The monoisotopic (exact) mass is 565 g/mol. The molecule has 0 unspecified atom stereocenters. The fourth-order valence-electron chi connectivity index (χ4n) is 4.24. The molecular formula is C24H25F6N3O4S. The number of para-hydroxylation sites is 2. The average Bonchev–Trinajstić information content (AvgIpc) is 3.28. The van der Waals surface area contributed by atoms with Crippen LogP contribution in [0.2, 0.25) is 0 Å². The molecule has 1 saturated heterocycles. The number of hydrogen-bond donors (Lipinski definition) is 2. The summed E-state index contributed by atoms with van der Waals surface area (Å²) in [4.78, 5) is 18.6. The van der Waals surface area contributed by atoms with Crippen molar-refractivity contribution in [3.05, 3.63) is 54.1 Å². The number of H-pyrrole nitrogens is 1. The Bertz CT molecular complexity index is 1360. The molecule has 3 aromatic rings. The Morgan fingerprint density at radius 2 is 1.58 bits per heavy atom. The number of alkyl halides is 6. The van der Waals surface area contributed by atoms with Crippen LogP contribution in [0.15, 0.2) is 53.4 Å². The summed E-state index contributed by atoms with van der Waals surface area (Å²) in [5.41, 5.74) is 0.850. The first-order valence-electron chi connectivity index (χ1n) is 11.4. The number of benzene rings is 2. The number of nitrogens with zero attached hydrogens (tertiary/aromatic N) is 2. The minimum Gasteiger partial charge on any atom is -0.475 e. The van der Waals surface area contributed by atoms with Crippen LogP contribution in [0, 0.1) is 5.92 Å². The van der Waals surface area contributed by atoms with E-state index in [0.29, 0.717) is 25.9 Å². The van der Waals surface area contributed by atoms with Gasteiger partial charge >= 0.3 is 18.3 Å². The lowest BCUT2D eigenvalue weighted by molar-refractivity contribution is -0.192. The Morgan fingerprint density at radius 3 is 2.11 bits per heavy atom. The summed E-state index contributed by atoms with van der Waals surface area (Å²) in [5.74, 6) is -2.20. The second kappa shape index (κ2) is 10.5. The third kappa shape index (κ3) is 6.22. The molecule has 0 spiro atoms. The standard InChI is InChI=1S/C22H24F3N3O2S.C2HF3O2/c1-21(2,31(29,30)17-7-5-6-16(14-17)22(23,24)25)15-10-12-28(13-11-15)20-26-18-8-3-4-9-19(18)27-20;3-2(4,5)1(6)7/h3-9,14-15H,10-13H2,1-2H3,(H,26,27);(H,6,7). The van der Waals surface area contributed by atoms with Gasteiger partial charge in [0.25, 0.3) is 0 Å². The molecule has 2 aromatic carbocycles. The molecule has 0 saturated carbocycles. The predicted molar refractivity (Wildman–Crippen MR) is 127 cm³/mol. The van der Waals surface area contributed by atoms with Gasteiger partial charge in [0.15, 0.2) is 9.84 Å². The molecule has 0 bridgehead atoms. The second-order valence-corrected chi connectivity index (χ2v) is 11.8. The topological polar surface area (TPSA) is 103 Å². The van der Waals surface area contributed by atoms with Crippen molar-refractivity contribution < 1.29 is 44.7 Å². The average molecular weight is 566 g/mol. The van der Waals surface area contributed by atoms with Gasteiger partial charge < -0.3 is 15.0 Å². The lowest BCUT2D eigenvalue weighted by Gasteiger charge is -2.40. The van der Waals surface area contributed by atoms with Crippen LogP contribution in [0.3, 0.4) is 0 Å². The summed E-state index contributed by atoms with van der Waals surface area (Å²) in [6.07, 6.45) is -8.47. The Balaban J connectivity index is 0.000000505. The molecule has 2 heterocycles. The zero-order valence-electron chi connectivity index (χ0n) is 20.3. The third-order valence-corrected chi connectivity index (χ3v) is 9.15. The van der Waals surface area contributed by atoms with E-state index < -0.39 is 38.5 Å². The number of anilines is 1. The summed E-state index contributed by atoms with van der Waals surface area (Å²) in [5, 5.41) is 7.12. The van der Waals surface area contributed by atoms with E-state index in [4.69, 9.17) is 9.90 Å². The number of imidazole rings is 1. The van der Waals surface area contributed by atoms with Crippen molar-refractivity contribution >= 4 is 32.8 Å². The molecular weight excluding hydrogens is 540 g/mol. The maximum Gasteiger partial charge on any atom is 0.490 e. The molecule has 0 atom stereocenters. The molecule has 1 aliphatic heterocycles. The number of carboxylic acid groups (broad SMARTS) is 1. The highest BCUT2D eigenvalue weighted by Crippen LogP contribution is 2.40. The van der Waals surface area contributed by atoms with E-state index in [-0.39, 0.29) is 10.8 Å². The highest BCUT2D eigenvalue weighted by Gasteiger charge is 2.44. The highest BCUT2D eigenvalue weighted by molar-refractivity contribution is 7.92. The molecule has 38 heavy (non-hydrogen) atoms. The first-order valence-corrected chi connectivity index (χ1v) is 12.8. The lowest BCUT2D eigenvalue weighted by atomic mass is 9.86. The predicted octanol–water partition coefficient (Wildman–Crippen LogP) is 5.68. The molecule has 7 nitrogen and oxygen atoms in total. The number of aliphatic carboxylic acids is 1. The largest absolute Gasteiger partial charge is 0.490 e. The number of halogens is 6. The van der Waals surface area contributed by atoms with Crippen LogP contribution >= 0.6 is 0 Å². The number of fused-ring (bicyclic) bond motifs is 1. The van der Waals surface area contributed by atoms with Gasteiger partial charge in [-0.3, -0.25) is 0 Å². The number of carboxylic acids is 1. The fourth-order valence-corrected chi connectivity index (χ4v) is 6.06. The van der Waals surface area contributed by atoms with Gasteiger partial charge in [-0.05, 0) is 62.9 Å². The van der Waals surface area contributed by atoms with Crippen molar-refractivity contribution in [1.29, 1.82) is 0 Å². The summed E-state index contributed by atoms with van der Waals surface area (Å²) < 4.78 is 96.4. The van der Waals surface area contributed by atoms with Crippen LogP contribution in [-0.2, 0) is 20.8 Å². The van der Waals surface area contributed by atoms with Gasteiger partial charge in [0.2, 0.25) is 5.95 Å². The minimum atomic E-state index is -5.08. The van der Waals surface area contributed by atoms with Crippen LogP contribution < -0.4 is 4.90 Å². The van der Waals surface area contributed by atoms with Crippen molar-refractivity contribution in [2.75, 3.05) is 18.0 Å². The summed E-state index contributed by atoms with van der Waals surface area (Å²) >= 11 is 0. The molecule has 0 amide bonds. The summed E-state index contributed by atoms with van der Waals surface area (Å²) in [6.45, 7) is 4.46. The van der Waals surface area contributed by atoms with E-state index >= 15 is 0 Å². The Morgan fingerprint density at radius 1 is 1.00 bits per heavy atom. The number of hydrogen-bond acceptors (Lipinski definition) is 5. The van der Waals surface area contributed by atoms with Crippen molar-refractivity contribution in [3.8, 4) is 0 Å². The smallest absolute Gasteiger partial charge is 0.475 e. The van der Waals surface area contributed by atoms with Crippen LogP contribution in [0.5, 0.6) is 0 Å². The van der Waals surface area contributed by atoms with Gasteiger partial charge in [0, 0.05) is 13.1 Å². The summed E-state index contributed by atoms with van der Waals surface area (Å²) in [7, 11) is -3.97. The summed E-state index contributed by atoms with van der Waals surface area (Å²) in [6, 6.07) is 11.7. The van der Waals surface area contributed by atoms with E-state index in [1.165, 1.54) is 6.07 Å². The van der Waals surface area contributed by atoms with Crippen LogP contribution in [0.25, 0.3) is 11.0 Å². The molecule has 0 aliphatic carbocycles. The number of rotatable bonds is 4. The van der Waals surface area contributed by atoms with Crippen molar-refractivity contribution in [1.82, 2.24) is 9.97 Å². The van der Waals surface area contributed by atoms with Crippen molar-refractivity contribution in [2.24, 2.45) is 5.92 Å². The zero-order chi connectivity index (χ0) is 28.5. The lowest BCUT2D eigenvalue weighted by Crippen LogP contribution is -2.46. The Kier molecular flexibility index (Phi) is 8.06. The number of carbonyl (C=O) groups is 1. The Hall–Kier alpha value is -3.29. The van der Waals surface area contributed by atoms with E-state index in [0.717, 1.165) is 35.2 Å². The molecule has 208 valence electrons. The molecule has 1 aromatic heterocycles. The van der Waals surface area contributed by atoms with Gasteiger partial charge in [-0.25, -0.2) is 18.2 Å². The van der Waals surface area contributed by atoms with Gasteiger partial charge in [-0.2, -0.15) is 26.3 Å². The first kappa shape index (κ1) is 29.3. The van der Waals surface area contributed by atoms with E-state index in [1.807, 2.05) is 24.3 Å². The maximum absolute atomic E-state index is 13.3. The van der Waals surface area contributed by atoms with Crippen LogP contribution in [0.4, 0.5) is 32.3 Å². The van der Waals surface area contributed by atoms with Gasteiger partial charge in [-0.15, -0.1) is 0 Å². The zero-order valence-corrected chi connectivity index (χ0v) is 21.1. The van der Waals surface area contributed by atoms with Crippen LogP contribution in [-0.4, -0.2) is 53.5 Å². The normalized spacial score (nSPS) is 15.7. The highest BCUT2D eigenvalue weighted by atomic mass is 32.2. The maximum atomic E-state index is 13.3. The quantitative estimate of drug-likeness (QED) is 0.395. The van der Waals surface area contributed by atoms with Crippen LogP contribution in [0.1, 0.15) is 32.3 Å². The second-order valence-electron chi connectivity index (χ2n) is 9.27. The molecule has 2 N–H and O–H groups in total. The number of nitrogens with one attached hydrogen (secondary N) is 1. The number of aromatic nitrogens is 2. The third-order valence-electron chi connectivity index (χ3n) is 6.56. The van der Waals surface area contributed by atoms with Crippen molar-refractivity contribution in [2.45, 2.75) is 48.7 Å². The molecule has 0 radical (unpaired) electrons. The van der Waals surface area contributed by atoms with Crippen molar-refractivity contribution in [3.63, 3.8) is 0 Å². The molecule has 14 heteroatoms. The molecule has 1 aliphatic rings. The SMILES string of the molecule is CC(C)(C1CCN(c2nc3ccccc3[nH]2)CC1)S(=O)(=O)c1cccc(C(F)(F)F)c1.O=C(O)C(F)(F)F. The number of aromatic amines is 1. The first-order chi connectivity index (χ1) is 17.4. The number of piperidine rings is 1. The van der Waals surface area contributed by atoms with E-state index in [2.05, 4.69) is 14.9 Å². The van der Waals surface area contributed by atoms with E-state index in [1.54, 1.807) is 13.8 Å². The van der Waals surface area contributed by atoms with Gasteiger partial charge in [0.1, 0.15) is 0 Å². The molecule has 1 fully saturated rings. The van der Waals surface area contributed by atoms with Gasteiger partial charge in [0.05, 0.1) is 26.2 Å². The number of sulfone groups is 1. The van der Waals surface area contributed by atoms with E-state index in [9.17, 15) is 34.8 Å².